The van der Waals surface area contributed by atoms with E-state index in [9.17, 15) is 4.79 Å². The molecular formula is C23H20N4O. The summed E-state index contributed by atoms with van der Waals surface area (Å²) in [5, 5.41) is 4.81. The first kappa shape index (κ1) is 16.7. The first-order chi connectivity index (χ1) is 13.8. The molecule has 5 rings (SSSR count). The van der Waals surface area contributed by atoms with Crippen molar-refractivity contribution >= 4 is 11.6 Å². The van der Waals surface area contributed by atoms with Crippen LogP contribution in [-0.2, 0) is 0 Å². The van der Waals surface area contributed by atoms with Crippen molar-refractivity contribution in [1.82, 2.24) is 19.5 Å². The van der Waals surface area contributed by atoms with Gasteiger partial charge in [0.25, 0.3) is 5.91 Å². The number of rotatable bonds is 3. The summed E-state index contributed by atoms with van der Waals surface area (Å²) in [6.45, 7) is 1.61. The van der Waals surface area contributed by atoms with Crippen LogP contribution in [0, 0.1) is 0 Å². The van der Waals surface area contributed by atoms with Crippen LogP contribution in [0.1, 0.15) is 23.2 Å². The summed E-state index contributed by atoms with van der Waals surface area (Å²) >= 11 is 0. The zero-order valence-electron chi connectivity index (χ0n) is 15.5. The van der Waals surface area contributed by atoms with Gasteiger partial charge in [0, 0.05) is 36.5 Å². The largest absolute Gasteiger partial charge is 0.339 e. The molecule has 1 saturated heterocycles. The quantitative estimate of drug-likeness (QED) is 0.542. The molecule has 0 atom stereocenters. The van der Waals surface area contributed by atoms with Gasteiger partial charge in [-0.25, -0.2) is 9.50 Å². The van der Waals surface area contributed by atoms with Gasteiger partial charge in [-0.05, 0) is 12.8 Å². The SMILES string of the molecule is O=C(c1cnc2cc(-c3ccccc3)nn2c1-c1ccccc1)N1CCCC1. The van der Waals surface area contributed by atoms with Crippen molar-refractivity contribution < 1.29 is 4.79 Å². The molecule has 1 amide bonds. The smallest absolute Gasteiger partial charge is 0.257 e. The molecule has 0 aliphatic carbocycles. The molecule has 1 aliphatic heterocycles. The summed E-state index contributed by atoms with van der Waals surface area (Å²) in [5.74, 6) is 0.0301. The molecule has 1 fully saturated rings. The molecule has 0 saturated carbocycles. The summed E-state index contributed by atoms with van der Waals surface area (Å²) in [6, 6.07) is 22.0. The maximum absolute atomic E-state index is 13.2. The second kappa shape index (κ2) is 6.93. The lowest BCUT2D eigenvalue weighted by Gasteiger charge is -2.18. The highest BCUT2D eigenvalue weighted by Gasteiger charge is 2.25. The molecule has 28 heavy (non-hydrogen) atoms. The van der Waals surface area contributed by atoms with Crippen molar-refractivity contribution in [2.45, 2.75) is 12.8 Å². The zero-order valence-corrected chi connectivity index (χ0v) is 15.5. The van der Waals surface area contributed by atoms with E-state index in [1.165, 1.54) is 0 Å². The minimum Gasteiger partial charge on any atom is -0.339 e. The van der Waals surface area contributed by atoms with Crippen LogP contribution in [0.3, 0.4) is 0 Å². The Balaban J connectivity index is 1.72. The Hall–Kier alpha value is -3.47. The molecule has 2 aromatic heterocycles. The van der Waals surface area contributed by atoms with Gasteiger partial charge in [-0.2, -0.15) is 5.10 Å². The maximum atomic E-state index is 13.2. The fourth-order valence-corrected chi connectivity index (χ4v) is 3.80. The third-order valence-electron chi connectivity index (χ3n) is 5.22. The van der Waals surface area contributed by atoms with Crippen molar-refractivity contribution in [3.05, 3.63) is 78.5 Å². The fraction of sp³-hybridized carbons (Fsp3) is 0.174. The molecule has 1 aliphatic rings. The lowest BCUT2D eigenvalue weighted by atomic mass is 10.1. The van der Waals surface area contributed by atoms with Crippen molar-refractivity contribution in [3.63, 3.8) is 0 Å². The van der Waals surface area contributed by atoms with Gasteiger partial charge >= 0.3 is 0 Å². The number of hydrogen-bond acceptors (Lipinski definition) is 3. The first-order valence-electron chi connectivity index (χ1n) is 9.60. The van der Waals surface area contributed by atoms with Crippen LogP contribution in [0.15, 0.2) is 72.9 Å². The molecule has 138 valence electrons. The van der Waals surface area contributed by atoms with Gasteiger partial charge in [-0.15, -0.1) is 0 Å². The molecular weight excluding hydrogens is 348 g/mol. The van der Waals surface area contributed by atoms with Crippen LogP contribution in [0.5, 0.6) is 0 Å². The summed E-state index contributed by atoms with van der Waals surface area (Å²) in [7, 11) is 0. The third kappa shape index (κ3) is 2.85. The van der Waals surface area contributed by atoms with Gasteiger partial charge in [0.15, 0.2) is 5.65 Å². The van der Waals surface area contributed by atoms with E-state index in [-0.39, 0.29) is 5.91 Å². The molecule has 4 aromatic rings. The van der Waals surface area contributed by atoms with Crippen molar-refractivity contribution in [2.24, 2.45) is 0 Å². The normalized spacial score (nSPS) is 13.9. The standard InChI is InChI=1S/C23H20N4O/c28-23(26-13-7-8-14-26)19-16-24-21-15-20(17-9-3-1-4-10-17)25-27(21)22(19)18-11-5-2-6-12-18/h1-6,9-12,15-16H,7-8,13-14H2. The lowest BCUT2D eigenvalue weighted by Crippen LogP contribution is -2.28. The highest BCUT2D eigenvalue weighted by Crippen LogP contribution is 2.28. The number of likely N-dealkylation sites (tertiary alicyclic amines) is 1. The molecule has 0 bridgehead atoms. The molecule has 0 spiro atoms. The second-order valence-corrected chi connectivity index (χ2v) is 7.05. The highest BCUT2D eigenvalue weighted by atomic mass is 16.2. The average molecular weight is 368 g/mol. The van der Waals surface area contributed by atoms with Gasteiger partial charge in [0.1, 0.15) is 0 Å². The van der Waals surface area contributed by atoms with Gasteiger partial charge in [0.05, 0.1) is 17.0 Å². The van der Waals surface area contributed by atoms with Crippen molar-refractivity contribution in [2.75, 3.05) is 13.1 Å². The molecule has 5 heteroatoms. The van der Waals surface area contributed by atoms with Crippen molar-refractivity contribution in [1.29, 1.82) is 0 Å². The molecule has 0 N–H and O–H groups in total. The van der Waals surface area contributed by atoms with E-state index >= 15 is 0 Å². The van der Waals surface area contributed by atoms with E-state index in [4.69, 9.17) is 5.10 Å². The zero-order chi connectivity index (χ0) is 18.9. The van der Waals surface area contributed by atoms with Gasteiger partial charge < -0.3 is 4.90 Å². The van der Waals surface area contributed by atoms with E-state index < -0.39 is 0 Å². The second-order valence-electron chi connectivity index (χ2n) is 7.05. The number of amides is 1. The Kier molecular flexibility index (Phi) is 4.13. The minimum atomic E-state index is 0.0301. The summed E-state index contributed by atoms with van der Waals surface area (Å²) in [6.07, 6.45) is 3.82. The Morgan fingerprint density at radius 1 is 0.857 bits per heavy atom. The summed E-state index contributed by atoms with van der Waals surface area (Å²) < 4.78 is 1.81. The third-order valence-corrected chi connectivity index (χ3v) is 5.22. The first-order valence-corrected chi connectivity index (χ1v) is 9.60. The fourth-order valence-electron chi connectivity index (χ4n) is 3.80. The molecule has 3 heterocycles. The summed E-state index contributed by atoms with van der Waals surface area (Å²) in [4.78, 5) is 19.7. The average Bonchev–Trinajstić information content (AvgIpc) is 3.44. The van der Waals surface area contributed by atoms with Gasteiger partial charge in [-0.3, -0.25) is 4.79 Å². The number of aromatic nitrogens is 3. The maximum Gasteiger partial charge on any atom is 0.257 e. The number of carbonyl (C=O) groups is 1. The minimum absolute atomic E-state index is 0.0301. The highest BCUT2D eigenvalue weighted by molar-refractivity contribution is 6.00. The van der Waals surface area contributed by atoms with E-state index in [2.05, 4.69) is 4.98 Å². The van der Waals surface area contributed by atoms with E-state index in [1.54, 1.807) is 10.7 Å². The van der Waals surface area contributed by atoms with Crippen LogP contribution in [0.25, 0.3) is 28.2 Å². The number of nitrogens with zero attached hydrogens (tertiary/aromatic N) is 4. The van der Waals surface area contributed by atoms with Crippen LogP contribution >= 0.6 is 0 Å². The Morgan fingerprint density at radius 3 is 2.18 bits per heavy atom. The van der Waals surface area contributed by atoms with Crippen LogP contribution in [-0.4, -0.2) is 38.5 Å². The predicted octanol–water partition coefficient (Wildman–Crippen LogP) is 4.30. The molecule has 0 unspecified atom stereocenters. The topological polar surface area (TPSA) is 50.5 Å². The Bertz CT molecular complexity index is 1130. The van der Waals surface area contributed by atoms with Gasteiger partial charge in [0.2, 0.25) is 0 Å². The number of hydrogen-bond donors (Lipinski definition) is 0. The van der Waals surface area contributed by atoms with E-state index in [0.717, 1.165) is 54.1 Å². The van der Waals surface area contributed by atoms with Crippen LogP contribution < -0.4 is 0 Å². The number of carbonyl (C=O) groups excluding carboxylic acids is 1. The molecule has 2 aromatic carbocycles. The number of benzene rings is 2. The Labute approximate surface area is 163 Å². The van der Waals surface area contributed by atoms with Crippen LogP contribution in [0.4, 0.5) is 0 Å². The lowest BCUT2D eigenvalue weighted by molar-refractivity contribution is 0.0792. The molecule has 0 radical (unpaired) electrons. The van der Waals surface area contributed by atoms with Crippen molar-refractivity contribution in [3.8, 4) is 22.5 Å². The van der Waals surface area contributed by atoms with E-state index in [0.29, 0.717) is 5.56 Å². The predicted molar refractivity (Wildman–Crippen MR) is 109 cm³/mol. The monoisotopic (exact) mass is 368 g/mol. The number of fused-ring (bicyclic) bond motifs is 1. The van der Waals surface area contributed by atoms with Crippen LogP contribution in [0.2, 0.25) is 0 Å². The van der Waals surface area contributed by atoms with E-state index in [1.807, 2.05) is 71.6 Å². The molecule has 5 nitrogen and oxygen atoms in total. The summed E-state index contributed by atoms with van der Waals surface area (Å²) in [5.41, 5.74) is 4.96. The Morgan fingerprint density at radius 2 is 1.50 bits per heavy atom. The van der Waals surface area contributed by atoms with Gasteiger partial charge in [-0.1, -0.05) is 60.7 Å².